The summed E-state index contributed by atoms with van der Waals surface area (Å²) in [5.74, 6) is 0. The van der Waals surface area contributed by atoms with E-state index in [0.717, 1.165) is 0 Å². The summed E-state index contributed by atoms with van der Waals surface area (Å²) in [5, 5.41) is 10.2. The van der Waals surface area contributed by atoms with Crippen LogP contribution in [-0.4, -0.2) is 5.11 Å². The second-order valence-corrected chi connectivity index (χ2v) is 4.05. The van der Waals surface area contributed by atoms with Gasteiger partial charge < -0.3 is 5.11 Å². The summed E-state index contributed by atoms with van der Waals surface area (Å²) in [7, 11) is 0. The molecule has 0 saturated carbocycles. The summed E-state index contributed by atoms with van der Waals surface area (Å²) in [6.07, 6.45) is 0. The Hall–Kier alpha value is -0.0500. The first kappa shape index (κ1) is 5.15. The van der Waals surface area contributed by atoms with Crippen LogP contribution >= 0.6 is 27.5 Å². The van der Waals surface area contributed by atoms with E-state index < -0.39 is 19.3 Å². The number of hydrogen-bond acceptors (Lipinski definition) is 1. The fraction of sp³-hybridized carbons (Fsp3) is 0.400. The van der Waals surface area contributed by atoms with Crippen molar-refractivity contribution in [1.82, 2.24) is 0 Å². The maximum Gasteiger partial charge on any atom is 0.0855 e. The molecule has 0 radical (unpaired) electrons. The van der Waals surface area contributed by atoms with E-state index in [1.165, 1.54) is 12.1 Å². The molecule has 0 aromatic heterocycles. The van der Waals surface area contributed by atoms with Gasteiger partial charge in [-0.15, -0.1) is 0 Å². The van der Waals surface area contributed by atoms with Gasteiger partial charge in [0.15, 0.2) is 0 Å². The van der Waals surface area contributed by atoms with E-state index in [4.69, 9.17) is 19.8 Å². The van der Waals surface area contributed by atoms with Gasteiger partial charge in [0, 0.05) is 23.3 Å². The Morgan fingerprint density at radius 1 is 1.54 bits per heavy atom. The van der Waals surface area contributed by atoms with Gasteiger partial charge in [-0.3, -0.25) is 0 Å². The van der Waals surface area contributed by atoms with E-state index in [-0.39, 0.29) is 10.6 Å². The molecule has 0 heterocycles. The lowest BCUT2D eigenvalue weighted by Gasteiger charge is -2.20. The first-order valence-electron chi connectivity index (χ1n) is 6.51. The topological polar surface area (TPSA) is 20.2 Å². The maximum absolute atomic E-state index is 10.3. The molecule has 3 heteroatoms. The van der Waals surface area contributed by atoms with Crippen LogP contribution in [0.5, 0.6) is 0 Å². The highest BCUT2D eigenvalue weighted by molar-refractivity contribution is 9.10. The summed E-state index contributed by atoms with van der Waals surface area (Å²) in [4.78, 5) is 0. The van der Waals surface area contributed by atoms with Crippen LogP contribution in [-0.2, 0) is 5.60 Å². The molecule has 0 aliphatic rings. The Morgan fingerprint density at radius 2 is 2.15 bits per heavy atom. The maximum atomic E-state index is 10.3. The third kappa shape index (κ3) is 2.46. The minimum Gasteiger partial charge on any atom is -0.386 e. The van der Waals surface area contributed by atoms with Crippen LogP contribution in [0.4, 0.5) is 0 Å². The first-order valence-corrected chi connectivity index (χ1v) is 4.68. The van der Waals surface area contributed by atoms with Crippen molar-refractivity contribution in [1.29, 1.82) is 0 Å². The van der Waals surface area contributed by atoms with E-state index in [2.05, 4.69) is 15.9 Å². The quantitative estimate of drug-likeness (QED) is 0.825. The highest BCUT2D eigenvalue weighted by Gasteiger charge is 2.20. The number of halogens is 2. The zero-order chi connectivity index (χ0) is 15.2. The van der Waals surface area contributed by atoms with E-state index >= 15 is 0 Å². The molecule has 1 nitrogen and oxygen atoms in total. The van der Waals surface area contributed by atoms with Gasteiger partial charge in [0.25, 0.3) is 0 Å². The molecular weight excluding hydrogens is 251 g/mol. The Bertz CT molecular complexity index is 482. The van der Waals surface area contributed by atoms with Crippen molar-refractivity contribution in [2.45, 2.75) is 26.2 Å². The molecule has 0 aliphatic heterocycles. The monoisotopic (exact) mass is 268 g/mol. The Morgan fingerprint density at radius 3 is 2.69 bits per heavy atom. The summed E-state index contributed by atoms with van der Waals surface area (Å²) in [6, 6.07) is 2.64. The Balaban J connectivity index is 3.66. The summed E-state index contributed by atoms with van der Waals surface area (Å²) < 4.78 is 44.7. The molecule has 0 aliphatic carbocycles. The summed E-state index contributed by atoms with van der Waals surface area (Å²) in [5.41, 5.74) is -2.76. The molecule has 0 atom stereocenters. The van der Waals surface area contributed by atoms with Crippen LogP contribution in [0, 0.1) is 6.92 Å². The minimum absolute atomic E-state index is 0.118. The molecule has 0 unspecified atom stereocenters. The van der Waals surface area contributed by atoms with Crippen molar-refractivity contribution >= 4 is 27.5 Å². The van der Waals surface area contributed by atoms with Crippen molar-refractivity contribution in [3.05, 3.63) is 32.8 Å². The van der Waals surface area contributed by atoms with Crippen molar-refractivity contribution in [3.8, 4) is 0 Å². The van der Waals surface area contributed by atoms with Gasteiger partial charge in [-0.2, -0.15) is 0 Å². The lowest BCUT2D eigenvalue weighted by molar-refractivity contribution is 0.0786. The molecule has 0 amide bonds. The molecule has 13 heavy (non-hydrogen) atoms. The van der Waals surface area contributed by atoms with Gasteiger partial charge in [-0.25, -0.2) is 0 Å². The van der Waals surface area contributed by atoms with Gasteiger partial charge in [0.2, 0.25) is 0 Å². The number of rotatable bonds is 1. The third-order valence-corrected chi connectivity index (χ3v) is 2.81. The second kappa shape index (κ2) is 3.60. The van der Waals surface area contributed by atoms with Gasteiger partial charge >= 0.3 is 0 Å². The first-order chi connectivity index (χ1) is 8.32. The van der Waals surface area contributed by atoms with Gasteiger partial charge in [0.05, 0.1) is 5.60 Å². The van der Waals surface area contributed by atoms with Crippen molar-refractivity contribution in [3.63, 3.8) is 0 Å². The fourth-order valence-electron chi connectivity index (χ4n) is 0.935. The molecule has 0 bridgehead atoms. The molecule has 0 spiro atoms. The molecule has 72 valence electrons. The smallest absolute Gasteiger partial charge is 0.0855 e. The summed E-state index contributed by atoms with van der Waals surface area (Å²) in [6.45, 7) is -4.63. The average Bonchev–Trinajstić information content (AvgIpc) is 2.19. The van der Waals surface area contributed by atoms with Crippen LogP contribution in [0.1, 0.15) is 33.1 Å². The van der Waals surface area contributed by atoms with Crippen molar-refractivity contribution in [2.75, 3.05) is 0 Å². The molecule has 0 saturated heterocycles. The predicted octanol–water partition coefficient (Wildman–Crippen LogP) is 3.64. The van der Waals surface area contributed by atoms with Crippen LogP contribution < -0.4 is 0 Å². The zero-order valence-electron chi connectivity index (χ0n) is 12.9. The molecular formula is C10H12BrClO. The van der Waals surface area contributed by atoms with E-state index in [0.29, 0.717) is 10.0 Å². The normalized spacial score (nSPS) is 20.6. The lowest BCUT2D eigenvalue weighted by atomic mass is 9.97. The van der Waals surface area contributed by atoms with Gasteiger partial charge in [-0.05, 0) is 32.3 Å². The molecule has 1 aromatic carbocycles. The number of benzene rings is 1. The molecule has 1 aromatic rings. The zero-order valence-corrected chi connectivity index (χ0v) is 9.20. The van der Waals surface area contributed by atoms with Crippen LogP contribution in [0.2, 0.25) is 5.02 Å². The fourth-order valence-corrected chi connectivity index (χ4v) is 1.71. The van der Waals surface area contributed by atoms with Crippen LogP contribution in [0.25, 0.3) is 0 Å². The van der Waals surface area contributed by atoms with Crippen molar-refractivity contribution < 1.29 is 13.3 Å². The minimum atomic E-state index is -3.14. The second-order valence-electron chi connectivity index (χ2n) is 2.79. The highest BCUT2D eigenvalue weighted by atomic mass is 79.9. The Labute approximate surface area is 100 Å². The van der Waals surface area contributed by atoms with E-state index in [1.807, 2.05) is 0 Å². The third-order valence-electron chi connectivity index (χ3n) is 1.64. The van der Waals surface area contributed by atoms with Gasteiger partial charge in [0.1, 0.15) is 0 Å². The SMILES string of the molecule is [2H]C([2H])([2H])C(O)(c1cc(C)c(Br)cc1Cl)C([2H])([2H])[2H]. The van der Waals surface area contributed by atoms with Crippen LogP contribution in [0.3, 0.4) is 0 Å². The molecule has 1 rings (SSSR count). The number of aliphatic hydroxyl groups is 1. The standard InChI is InChI=1S/C10H12BrClO/c1-6-4-7(10(2,3)13)9(12)5-8(6)11/h4-5,13H,1-3H3/i2D3,3D3. The highest BCUT2D eigenvalue weighted by Crippen LogP contribution is 2.32. The molecule has 0 fully saturated rings. The van der Waals surface area contributed by atoms with Crippen LogP contribution in [0.15, 0.2) is 16.6 Å². The average molecular weight is 270 g/mol. The lowest BCUT2D eigenvalue weighted by Crippen LogP contribution is -2.16. The molecule has 1 N–H and O–H groups in total. The number of aryl methyl sites for hydroxylation is 1. The predicted molar refractivity (Wildman–Crippen MR) is 59.1 cm³/mol. The Kier molecular flexibility index (Phi) is 1.43. The van der Waals surface area contributed by atoms with Crippen molar-refractivity contribution in [2.24, 2.45) is 0 Å². The number of hydrogen-bond donors (Lipinski definition) is 1. The van der Waals surface area contributed by atoms with E-state index in [9.17, 15) is 5.11 Å². The van der Waals surface area contributed by atoms with Gasteiger partial charge in [-0.1, -0.05) is 33.6 Å². The summed E-state index contributed by atoms with van der Waals surface area (Å²) >= 11 is 9.11. The van der Waals surface area contributed by atoms with E-state index in [1.54, 1.807) is 6.92 Å². The largest absolute Gasteiger partial charge is 0.386 e.